The molecule has 1 unspecified atom stereocenters. The molecule has 2 N–H and O–H groups in total. The van der Waals surface area contributed by atoms with E-state index >= 15 is 0 Å². The highest BCUT2D eigenvalue weighted by Gasteiger charge is 2.23. The number of aliphatic carboxylic acids is 1. The molecular formula is C13H14FNO3. The first-order chi connectivity index (χ1) is 8.49. The van der Waals surface area contributed by atoms with Gasteiger partial charge < -0.3 is 10.4 Å². The van der Waals surface area contributed by atoms with E-state index in [1.165, 1.54) is 6.07 Å². The molecule has 1 aromatic carbocycles. The summed E-state index contributed by atoms with van der Waals surface area (Å²) in [6.07, 6.45) is 1.78. The molecule has 96 valence electrons. The molecule has 0 radical (unpaired) electrons. The summed E-state index contributed by atoms with van der Waals surface area (Å²) in [7, 11) is 0. The quantitative estimate of drug-likeness (QED) is 0.859. The number of fused-ring (bicyclic) bond motifs is 1. The Morgan fingerprint density at radius 3 is 2.89 bits per heavy atom. The van der Waals surface area contributed by atoms with Crippen LogP contribution in [0.1, 0.15) is 40.7 Å². The van der Waals surface area contributed by atoms with Crippen molar-refractivity contribution in [2.24, 2.45) is 0 Å². The van der Waals surface area contributed by atoms with Gasteiger partial charge in [0.05, 0.1) is 5.56 Å². The van der Waals surface area contributed by atoms with Crippen molar-refractivity contribution >= 4 is 11.9 Å². The Bertz CT molecular complexity index is 513. The van der Waals surface area contributed by atoms with E-state index in [0.29, 0.717) is 5.92 Å². The van der Waals surface area contributed by atoms with Gasteiger partial charge in [0.2, 0.25) is 0 Å². The fraction of sp³-hybridized carbons (Fsp3) is 0.385. The van der Waals surface area contributed by atoms with E-state index in [9.17, 15) is 14.0 Å². The lowest BCUT2D eigenvalue weighted by molar-refractivity contribution is -0.135. The van der Waals surface area contributed by atoms with Crippen molar-refractivity contribution < 1.29 is 19.1 Å². The van der Waals surface area contributed by atoms with Crippen molar-refractivity contribution in [3.05, 3.63) is 34.6 Å². The van der Waals surface area contributed by atoms with Gasteiger partial charge >= 0.3 is 5.97 Å². The number of rotatable bonds is 3. The lowest BCUT2D eigenvalue weighted by atomic mass is 10.00. The first-order valence-corrected chi connectivity index (χ1v) is 5.81. The van der Waals surface area contributed by atoms with E-state index in [1.807, 2.05) is 6.92 Å². The van der Waals surface area contributed by atoms with E-state index in [1.54, 1.807) is 6.07 Å². The van der Waals surface area contributed by atoms with Crippen LogP contribution in [0.25, 0.3) is 0 Å². The van der Waals surface area contributed by atoms with Crippen LogP contribution in [-0.2, 0) is 11.2 Å². The zero-order chi connectivity index (χ0) is 13.3. The van der Waals surface area contributed by atoms with Crippen LogP contribution in [0, 0.1) is 5.82 Å². The number of carboxylic acid groups (broad SMARTS) is 1. The summed E-state index contributed by atoms with van der Waals surface area (Å²) in [4.78, 5) is 22.0. The number of hydrogen-bond donors (Lipinski definition) is 2. The topological polar surface area (TPSA) is 66.4 Å². The Morgan fingerprint density at radius 2 is 2.22 bits per heavy atom. The van der Waals surface area contributed by atoms with Gasteiger partial charge in [-0.2, -0.15) is 0 Å². The number of amides is 1. The Labute approximate surface area is 104 Å². The van der Waals surface area contributed by atoms with Crippen LogP contribution in [0.4, 0.5) is 4.39 Å². The second kappa shape index (κ2) is 4.76. The van der Waals surface area contributed by atoms with Gasteiger partial charge in [-0.15, -0.1) is 0 Å². The molecule has 0 bridgehead atoms. The number of carbonyl (C=O) groups is 2. The molecule has 2 rings (SSSR count). The average molecular weight is 251 g/mol. The molecular weight excluding hydrogens is 237 g/mol. The smallest absolute Gasteiger partial charge is 0.322 e. The lowest BCUT2D eigenvalue weighted by Gasteiger charge is -2.09. The largest absolute Gasteiger partial charge is 0.480 e. The highest BCUT2D eigenvalue weighted by Crippen LogP contribution is 2.34. The third kappa shape index (κ3) is 2.34. The first-order valence-electron chi connectivity index (χ1n) is 5.81. The van der Waals surface area contributed by atoms with Gasteiger partial charge in [0, 0.05) is 0 Å². The van der Waals surface area contributed by atoms with Crippen LogP contribution in [-0.4, -0.2) is 23.5 Å². The van der Waals surface area contributed by atoms with Crippen LogP contribution in [0.3, 0.4) is 0 Å². The number of hydrogen-bond acceptors (Lipinski definition) is 2. The third-order valence-electron chi connectivity index (χ3n) is 3.25. The molecule has 1 amide bonds. The fourth-order valence-corrected chi connectivity index (χ4v) is 2.26. The minimum absolute atomic E-state index is 0.0799. The van der Waals surface area contributed by atoms with Crippen molar-refractivity contribution in [2.45, 2.75) is 25.7 Å². The molecule has 5 heteroatoms. The van der Waals surface area contributed by atoms with E-state index in [4.69, 9.17) is 5.11 Å². The van der Waals surface area contributed by atoms with Crippen LogP contribution in [0.15, 0.2) is 12.1 Å². The molecule has 0 aliphatic heterocycles. The molecule has 0 saturated carbocycles. The summed E-state index contributed by atoms with van der Waals surface area (Å²) < 4.78 is 13.7. The number of carbonyl (C=O) groups excluding carboxylic acids is 1. The summed E-state index contributed by atoms with van der Waals surface area (Å²) in [5.41, 5.74) is 1.84. The average Bonchev–Trinajstić information content (AvgIpc) is 2.66. The minimum Gasteiger partial charge on any atom is -0.480 e. The van der Waals surface area contributed by atoms with E-state index in [-0.39, 0.29) is 5.56 Å². The molecule has 0 fully saturated rings. The van der Waals surface area contributed by atoms with E-state index in [0.717, 1.165) is 24.0 Å². The molecule has 1 atom stereocenters. The highest BCUT2D eigenvalue weighted by atomic mass is 19.1. The monoisotopic (exact) mass is 251 g/mol. The van der Waals surface area contributed by atoms with Gasteiger partial charge in [0.15, 0.2) is 0 Å². The summed E-state index contributed by atoms with van der Waals surface area (Å²) in [6, 6.07) is 2.92. The van der Waals surface area contributed by atoms with E-state index in [2.05, 4.69) is 5.32 Å². The van der Waals surface area contributed by atoms with Crippen LogP contribution < -0.4 is 5.32 Å². The molecule has 0 spiro atoms. The molecule has 1 aliphatic rings. The minimum atomic E-state index is -1.15. The van der Waals surface area contributed by atoms with Gasteiger partial charge in [0.1, 0.15) is 12.4 Å². The van der Waals surface area contributed by atoms with Crippen LogP contribution in [0.5, 0.6) is 0 Å². The molecule has 18 heavy (non-hydrogen) atoms. The Morgan fingerprint density at radius 1 is 1.50 bits per heavy atom. The van der Waals surface area contributed by atoms with Crippen molar-refractivity contribution in [3.63, 3.8) is 0 Å². The van der Waals surface area contributed by atoms with Gasteiger partial charge in [-0.05, 0) is 42.0 Å². The summed E-state index contributed by atoms with van der Waals surface area (Å²) in [6.45, 7) is 1.52. The maximum Gasteiger partial charge on any atom is 0.322 e. The molecule has 4 nitrogen and oxygen atoms in total. The normalized spacial score (nSPS) is 17.3. The number of benzene rings is 1. The maximum atomic E-state index is 13.7. The van der Waals surface area contributed by atoms with E-state index < -0.39 is 24.2 Å². The standard InChI is InChI=1S/C13H14FNO3/c1-7-2-3-8-4-11(14)10(5-9(7)8)13(18)15-6-12(16)17/h4-5,7H,2-3,6H2,1H3,(H,15,18)(H,16,17). The SMILES string of the molecule is CC1CCc2cc(F)c(C(=O)NCC(=O)O)cc21. The fourth-order valence-electron chi connectivity index (χ4n) is 2.26. The van der Waals surface area contributed by atoms with Gasteiger partial charge in [0.25, 0.3) is 5.91 Å². The third-order valence-corrected chi connectivity index (χ3v) is 3.25. The zero-order valence-corrected chi connectivity index (χ0v) is 10.00. The summed E-state index contributed by atoms with van der Waals surface area (Å²) in [5, 5.41) is 10.6. The number of halogens is 1. The second-order valence-corrected chi connectivity index (χ2v) is 4.55. The molecule has 1 aliphatic carbocycles. The first kappa shape index (κ1) is 12.5. The van der Waals surface area contributed by atoms with Gasteiger partial charge in [-0.1, -0.05) is 6.92 Å². The van der Waals surface area contributed by atoms with Crippen LogP contribution >= 0.6 is 0 Å². The van der Waals surface area contributed by atoms with Crippen molar-refractivity contribution in [1.82, 2.24) is 5.32 Å². The Balaban J connectivity index is 2.26. The second-order valence-electron chi connectivity index (χ2n) is 4.55. The van der Waals surface area contributed by atoms with Crippen LogP contribution in [0.2, 0.25) is 0 Å². The Kier molecular flexibility index (Phi) is 3.32. The predicted molar refractivity (Wildman–Crippen MR) is 63.1 cm³/mol. The Hall–Kier alpha value is -1.91. The summed E-state index contributed by atoms with van der Waals surface area (Å²) >= 11 is 0. The number of carboxylic acids is 1. The van der Waals surface area contributed by atoms with Crippen molar-refractivity contribution in [2.75, 3.05) is 6.54 Å². The van der Waals surface area contributed by atoms with Crippen molar-refractivity contribution in [1.29, 1.82) is 0 Å². The van der Waals surface area contributed by atoms with Gasteiger partial charge in [-0.3, -0.25) is 9.59 Å². The summed E-state index contributed by atoms with van der Waals surface area (Å²) in [5.74, 6) is -2.12. The molecule has 0 aromatic heterocycles. The number of aryl methyl sites for hydroxylation is 1. The number of nitrogens with one attached hydrogen (secondary N) is 1. The predicted octanol–water partition coefficient (Wildman–Crippen LogP) is 1.69. The molecule has 1 aromatic rings. The molecule has 0 saturated heterocycles. The molecule has 0 heterocycles. The zero-order valence-electron chi connectivity index (χ0n) is 10.00. The van der Waals surface area contributed by atoms with Crippen molar-refractivity contribution in [3.8, 4) is 0 Å². The lowest BCUT2D eigenvalue weighted by Crippen LogP contribution is -2.30. The van der Waals surface area contributed by atoms with Gasteiger partial charge in [-0.25, -0.2) is 4.39 Å². The maximum absolute atomic E-state index is 13.7. The highest BCUT2D eigenvalue weighted by molar-refractivity contribution is 5.96.